The van der Waals surface area contributed by atoms with Crippen LogP contribution in [0.5, 0.6) is 0 Å². The van der Waals surface area contributed by atoms with Crippen molar-refractivity contribution < 1.29 is 19.1 Å². The minimum Gasteiger partial charge on any atom is -0.465 e. The van der Waals surface area contributed by atoms with Crippen molar-refractivity contribution in [1.29, 1.82) is 0 Å². The van der Waals surface area contributed by atoms with Crippen molar-refractivity contribution in [3.8, 4) is 0 Å². The van der Waals surface area contributed by atoms with Gasteiger partial charge in [0.1, 0.15) is 17.9 Å². The number of ether oxygens (including phenoxy) is 2. The van der Waals surface area contributed by atoms with E-state index in [1.54, 1.807) is 26.1 Å². The van der Waals surface area contributed by atoms with Gasteiger partial charge < -0.3 is 14.5 Å². The maximum atomic E-state index is 12.4. The highest BCUT2D eigenvalue weighted by Gasteiger charge is 2.23. The van der Waals surface area contributed by atoms with Crippen molar-refractivity contribution >= 4 is 17.6 Å². The first-order chi connectivity index (χ1) is 12.8. The summed E-state index contributed by atoms with van der Waals surface area (Å²) in [7, 11) is 1.28. The Labute approximate surface area is 154 Å². The molecule has 0 unspecified atom stereocenters. The molecule has 0 amide bonds. The Morgan fingerprint density at radius 2 is 1.93 bits per heavy atom. The van der Waals surface area contributed by atoms with Crippen molar-refractivity contribution in [3.63, 3.8) is 0 Å². The van der Waals surface area contributed by atoms with Crippen LogP contribution in [0, 0.1) is 20.8 Å². The highest BCUT2D eigenvalue weighted by molar-refractivity contribution is 5.98. The number of esters is 2. The molecule has 8 nitrogen and oxygen atoms in total. The molecule has 0 saturated carbocycles. The van der Waals surface area contributed by atoms with Crippen molar-refractivity contribution in [3.05, 3.63) is 68.5 Å². The second kappa shape index (κ2) is 7.06. The number of hydrogen-bond donors (Lipinski definition) is 1. The van der Waals surface area contributed by atoms with E-state index in [-0.39, 0.29) is 17.9 Å². The smallest absolute Gasteiger partial charge is 0.355 e. The molecule has 3 aromatic heterocycles. The van der Waals surface area contributed by atoms with Crippen LogP contribution in [-0.2, 0) is 16.1 Å². The zero-order chi connectivity index (χ0) is 19.7. The average molecular weight is 369 g/mol. The molecule has 0 saturated heterocycles. The van der Waals surface area contributed by atoms with Gasteiger partial charge in [-0.1, -0.05) is 6.07 Å². The van der Waals surface area contributed by atoms with Gasteiger partial charge in [0.2, 0.25) is 0 Å². The normalized spacial score (nSPS) is 10.8. The molecule has 0 radical (unpaired) electrons. The number of rotatable bonds is 4. The predicted octanol–water partition coefficient (Wildman–Crippen LogP) is 2.09. The number of H-pyrrole nitrogens is 1. The van der Waals surface area contributed by atoms with Gasteiger partial charge in [-0.05, 0) is 38.0 Å². The lowest BCUT2D eigenvalue weighted by Crippen LogP contribution is -2.17. The van der Waals surface area contributed by atoms with Crippen LogP contribution in [-0.4, -0.2) is 33.4 Å². The number of nitrogens with one attached hydrogen (secondary N) is 1. The Bertz CT molecular complexity index is 1110. The van der Waals surface area contributed by atoms with Crippen molar-refractivity contribution in [1.82, 2.24) is 14.4 Å². The van der Waals surface area contributed by atoms with Crippen LogP contribution in [0.4, 0.5) is 0 Å². The predicted molar refractivity (Wildman–Crippen MR) is 96.9 cm³/mol. The van der Waals surface area contributed by atoms with Crippen LogP contribution in [0.2, 0.25) is 0 Å². The maximum Gasteiger partial charge on any atom is 0.355 e. The number of carbonyl (C=O) groups is 2. The highest BCUT2D eigenvalue weighted by Crippen LogP contribution is 2.20. The molecule has 0 spiro atoms. The molecular weight excluding hydrogens is 350 g/mol. The monoisotopic (exact) mass is 369 g/mol. The largest absolute Gasteiger partial charge is 0.465 e. The number of carbonyl (C=O) groups excluding carboxylic acids is 2. The summed E-state index contributed by atoms with van der Waals surface area (Å²) in [6.45, 7) is 5.02. The Hall–Kier alpha value is -3.42. The van der Waals surface area contributed by atoms with Gasteiger partial charge in [0, 0.05) is 18.0 Å². The van der Waals surface area contributed by atoms with Gasteiger partial charge in [-0.15, -0.1) is 0 Å². The van der Waals surface area contributed by atoms with Gasteiger partial charge in [-0.25, -0.2) is 14.6 Å². The van der Waals surface area contributed by atoms with Gasteiger partial charge in [-0.2, -0.15) is 0 Å². The van der Waals surface area contributed by atoms with E-state index in [2.05, 4.69) is 9.97 Å². The molecule has 0 bridgehead atoms. The van der Waals surface area contributed by atoms with Crippen LogP contribution < -0.4 is 5.56 Å². The lowest BCUT2D eigenvalue weighted by molar-refractivity contribution is 0.0460. The summed E-state index contributed by atoms with van der Waals surface area (Å²) in [6.07, 6.45) is 1.69. The minimum absolute atomic E-state index is 0.163. The average Bonchev–Trinajstić information content (AvgIpc) is 2.94. The summed E-state index contributed by atoms with van der Waals surface area (Å²) in [5.41, 5.74) is 2.93. The van der Waals surface area contributed by atoms with E-state index in [1.165, 1.54) is 17.6 Å². The molecule has 1 N–H and O–H groups in total. The molecule has 0 aromatic carbocycles. The second-order valence-electron chi connectivity index (χ2n) is 6.21. The molecule has 3 rings (SSSR count). The molecule has 0 fully saturated rings. The molecule has 27 heavy (non-hydrogen) atoms. The first-order valence-corrected chi connectivity index (χ1v) is 8.25. The highest BCUT2D eigenvalue weighted by atomic mass is 16.5. The third-order valence-electron chi connectivity index (χ3n) is 4.24. The van der Waals surface area contributed by atoms with E-state index >= 15 is 0 Å². The summed E-state index contributed by atoms with van der Waals surface area (Å²) >= 11 is 0. The van der Waals surface area contributed by atoms with Gasteiger partial charge in [0.15, 0.2) is 0 Å². The summed E-state index contributed by atoms with van der Waals surface area (Å²) in [4.78, 5) is 43.6. The lowest BCUT2D eigenvalue weighted by atomic mass is 10.1. The standard InChI is InChI=1S/C19H19N3O5/c1-10-5-6-14-21-13(7-15(23)22(14)8-10)9-27-19(25)17-11(2)16(12(3)20-17)18(24)26-4/h5-8,20H,9H2,1-4H3. The fourth-order valence-electron chi connectivity index (χ4n) is 2.91. The van der Waals surface area contributed by atoms with Gasteiger partial charge in [-0.3, -0.25) is 9.20 Å². The topological polar surface area (TPSA) is 103 Å². The summed E-state index contributed by atoms with van der Waals surface area (Å²) < 4.78 is 11.4. The summed E-state index contributed by atoms with van der Waals surface area (Å²) in [5, 5.41) is 0. The van der Waals surface area contributed by atoms with E-state index in [0.717, 1.165) is 5.56 Å². The number of aromatic amines is 1. The van der Waals surface area contributed by atoms with E-state index in [1.807, 2.05) is 13.0 Å². The van der Waals surface area contributed by atoms with Gasteiger partial charge >= 0.3 is 11.9 Å². The number of hydrogen-bond acceptors (Lipinski definition) is 6. The summed E-state index contributed by atoms with van der Waals surface area (Å²) in [5.74, 6) is -1.17. The fourth-order valence-corrected chi connectivity index (χ4v) is 2.91. The van der Waals surface area contributed by atoms with Crippen LogP contribution in [0.15, 0.2) is 29.2 Å². The number of aromatic nitrogens is 3. The van der Waals surface area contributed by atoms with E-state index < -0.39 is 11.9 Å². The van der Waals surface area contributed by atoms with Gasteiger partial charge in [0.05, 0.1) is 18.4 Å². The number of methoxy groups -OCH3 is 1. The van der Waals surface area contributed by atoms with Crippen LogP contribution >= 0.6 is 0 Å². The van der Waals surface area contributed by atoms with E-state index in [4.69, 9.17) is 9.47 Å². The zero-order valence-corrected chi connectivity index (χ0v) is 15.5. The number of pyridine rings is 1. The molecular formula is C19H19N3O5. The third kappa shape index (κ3) is 3.46. The molecule has 0 aliphatic rings. The number of nitrogens with zero attached hydrogens (tertiary/aromatic N) is 2. The first kappa shape index (κ1) is 18.4. The maximum absolute atomic E-state index is 12.4. The number of fused-ring (bicyclic) bond motifs is 1. The molecule has 3 aromatic rings. The van der Waals surface area contributed by atoms with Gasteiger partial charge in [0.25, 0.3) is 5.56 Å². The van der Waals surface area contributed by atoms with E-state index in [9.17, 15) is 14.4 Å². The lowest BCUT2D eigenvalue weighted by Gasteiger charge is -2.06. The molecule has 0 aliphatic heterocycles. The van der Waals surface area contributed by atoms with Crippen LogP contribution in [0.25, 0.3) is 5.65 Å². The molecule has 0 aliphatic carbocycles. The second-order valence-corrected chi connectivity index (χ2v) is 6.21. The van der Waals surface area contributed by atoms with Crippen LogP contribution in [0.3, 0.4) is 0 Å². The first-order valence-electron chi connectivity index (χ1n) is 8.25. The zero-order valence-electron chi connectivity index (χ0n) is 15.5. The van der Waals surface area contributed by atoms with E-state index in [0.29, 0.717) is 28.2 Å². The Morgan fingerprint density at radius 3 is 2.63 bits per heavy atom. The SMILES string of the molecule is COC(=O)c1c(C)[nH]c(C(=O)OCc2cc(=O)n3cc(C)ccc3n2)c1C. The quantitative estimate of drug-likeness (QED) is 0.707. The third-order valence-corrected chi connectivity index (χ3v) is 4.24. The molecule has 140 valence electrons. The Morgan fingerprint density at radius 1 is 1.19 bits per heavy atom. The van der Waals surface area contributed by atoms with Crippen molar-refractivity contribution in [2.75, 3.05) is 7.11 Å². The van der Waals surface area contributed by atoms with Crippen molar-refractivity contribution in [2.45, 2.75) is 27.4 Å². The Kier molecular flexibility index (Phi) is 4.81. The molecule has 8 heteroatoms. The Balaban J connectivity index is 1.82. The van der Waals surface area contributed by atoms with Crippen LogP contribution in [0.1, 0.15) is 43.4 Å². The molecule has 3 heterocycles. The summed E-state index contributed by atoms with van der Waals surface area (Å²) in [6, 6.07) is 4.90. The minimum atomic E-state index is -0.642. The van der Waals surface area contributed by atoms with Crippen molar-refractivity contribution in [2.24, 2.45) is 0 Å². The number of aryl methyl sites for hydroxylation is 2. The fraction of sp³-hybridized carbons (Fsp3) is 0.263. The molecule has 0 atom stereocenters.